The Labute approximate surface area is 114 Å². The van der Waals surface area contributed by atoms with Gasteiger partial charge in [0.2, 0.25) is 5.91 Å². The highest BCUT2D eigenvalue weighted by molar-refractivity contribution is 5.79. The fourth-order valence-corrected chi connectivity index (χ4v) is 2.48. The van der Waals surface area contributed by atoms with Crippen molar-refractivity contribution in [3.05, 3.63) is 29.8 Å². The third kappa shape index (κ3) is 3.26. The highest BCUT2D eigenvalue weighted by atomic mass is 16.5. The summed E-state index contributed by atoms with van der Waals surface area (Å²) >= 11 is 0. The van der Waals surface area contributed by atoms with Crippen molar-refractivity contribution in [2.45, 2.75) is 25.9 Å². The number of carbonyl (C=O) groups excluding carboxylic acids is 1. The second kappa shape index (κ2) is 6.06. The highest BCUT2D eigenvalue weighted by Crippen LogP contribution is 2.23. The highest BCUT2D eigenvalue weighted by Gasteiger charge is 2.26. The molecule has 1 N–H and O–H groups in total. The minimum atomic E-state index is -0.663. The van der Waals surface area contributed by atoms with Crippen molar-refractivity contribution in [1.82, 2.24) is 4.90 Å². The Bertz CT molecular complexity index is 447. The number of rotatable bonds is 4. The summed E-state index contributed by atoms with van der Waals surface area (Å²) in [5.41, 5.74) is 0.783. The second-order valence-electron chi connectivity index (χ2n) is 5.12. The van der Waals surface area contributed by atoms with Crippen molar-refractivity contribution < 1.29 is 14.6 Å². The number of ether oxygens (including phenoxy) is 1. The molecule has 1 aliphatic heterocycles. The third-order valence-electron chi connectivity index (χ3n) is 3.67. The molecule has 2 rings (SSSR count). The molecule has 1 fully saturated rings. The summed E-state index contributed by atoms with van der Waals surface area (Å²) in [6.45, 7) is 3.05. The number of hydrogen-bond donors (Lipinski definition) is 1. The molecule has 1 saturated heterocycles. The van der Waals surface area contributed by atoms with Gasteiger partial charge in [-0.2, -0.15) is 0 Å². The normalized spacial score (nSPS) is 21.3. The molecule has 4 nitrogen and oxygen atoms in total. The van der Waals surface area contributed by atoms with E-state index in [0.29, 0.717) is 6.54 Å². The van der Waals surface area contributed by atoms with Crippen LogP contribution in [0.15, 0.2) is 24.3 Å². The number of aliphatic hydroxyl groups excluding tert-OH is 1. The number of nitrogens with zero attached hydrogens (tertiary/aromatic N) is 1. The SMILES string of the molecule is COc1cccc(C(O)CN2CCCC(C)C2=O)c1. The lowest BCUT2D eigenvalue weighted by molar-refractivity contribution is -0.139. The molecule has 0 radical (unpaired) electrons. The van der Waals surface area contributed by atoms with Crippen molar-refractivity contribution in [3.63, 3.8) is 0 Å². The van der Waals surface area contributed by atoms with Gasteiger partial charge in [0.05, 0.1) is 19.8 Å². The number of amides is 1. The van der Waals surface area contributed by atoms with Crippen molar-refractivity contribution in [2.75, 3.05) is 20.2 Å². The van der Waals surface area contributed by atoms with Crippen LogP contribution in [0.3, 0.4) is 0 Å². The van der Waals surface area contributed by atoms with Gasteiger partial charge >= 0.3 is 0 Å². The van der Waals surface area contributed by atoms with Gasteiger partial charge in [0.25, 0.3) is 0 Å². The van der Waals surface area contributed by atoms with E-state index in [2.05, 4.69) is 0 Å². The van der Waals surface area contributed by atoms with Crippen LogP contribution in [0.4, 0.5) is 0 Å². The van der Waals surface area contributed by atoms with E-state index in [4.69, 9.17) is 4.74 Å². The van der Waals surface area contributed by atoms with Crippen LogP contribution in [-0.4, -0.2) is 36.1 Å². The number of carbonyl (C=O) groups is 1. The summed E-state index contributed by atoms with van der Waals surface area (Å²) in [5.74, 6) is 0.939. The summed E-state index contributed by atoms with van der Waals surface area (Å²) in [5, 5.41) is 10.2. The molecule has 2 unspecified atom stereocenters. The van der Waals surface area contributed by atoms with Crippen molar-refractivity contribution in [2.24, 2.45) is 5.92 Å². The zero-order chi connectivity index (χ0) is 13.8. The van der Waals surface area contributed by atoms with Crippen LogP contribution < -0.4 is 4.74 Å². The predicted molar refractivity (Wildman–Crippen MR) is 72.9 cm³/mol. The molecule has 0 spiro atoms. The van der Waals surface area contributed by atoms with Crippen LogP contribution >= 0.6 is 0 Å². The maximum atomic E-state index is 12.0. The summed E-state index contributed by atoms with van der Waals surface area (Å²) < 4.78 is 5.14. The monoisotopic (exact) mass is 263 g/mol. The average molecular weight is 263 g/mol. The molecule has 0 saturated carbocycles. The summed E-state index contributed by atoms with van der Waals surface area (Å²) in [6.07, 6.45) is 1.30. The van der Waals surface area contributed by atoms with Crippen LogP contribution in [0, 0.1) is 5.92 Å². The van der Waals surface area contributed by atoms with E-state index in [-0.39, 0.29) is 11.8 Å². The van der Waals surface area contributed by atoms with Gasteiger partial charge in [-0.1, -0.05) is 19.1 Å². The van der Waals surface area contributed by atoms with Crippen molar-refractivity contribution in [1.29, 1.82) is 0 Å². The van der Waals surface area contributed by atoms with Gasteiger partial charge in [0, 0.05) is 12.5 Å². The molecular weight excluding hydrogens is 242 g/mol. The summed E-state index contributed by atoms with van der Waals surface area (Å²) in [4.78, 5) is 13.8. The van der Waals surface area contributed by atoms with E-state index in [1.165, 1.54) is 0 Å². The van der Waals surface area contributed by atoms with E-state index in [1.807, 2.05) is 31.2 Å². The molecule has 1 aromatic rings. The van der Waals surface area contributed by atoms with Crippen LogP contribution in [0.5, 0.6) is 5.75 Å². The van der Waals surface area contributed by atoms with E-state index < -0.39 is 6.10 Å². The largest absolute Gasteiger partial charge is 0.497 e. The average Bonchev–Trinajstić information content (AvgIpc) is 2.44. The maximum Gasteiger partial charge on any atom is 0.225 e. The minimum absolute atomic E-state index is 0.0752. The number of piperidine rings is 1. The molecule has 4 heteroatoms. The molecule has 0 aromatic heterocycles. The molecule has 1 amide bonds. The van der Waals surface area contributed by atoms with Gasteiger partial charge < -0.3 is 14.7 Å². The fourth-order valence-electron chi connectivity index (χ4n) is 2.48. The lowest BCUT2D eigenvalue weighted by atomic mass is 9.98. The van der Waals surface area contributed by atoms with Crippen molar-refractivity contribution in [3.8, 4) is 5.75 Å². The maximum absolute atomic E-state index is 12.0. The van der Waals surface area contributed by atoms with E-state index in [9.17, 15) is 9.90 Å². The number of aliphatic hydroxyl groups is 1. The smallest absolute Gasteiger partial charge is 0.225 e. The van der Waals surface area contributed by atoms with Gasteiger partial charge in [-0.15, -0.1) is 0 Å². The van der Waals surface area contributed by atoms with Gasteiger partial charge in [0.15, 0.2) is 0 Å². The number of methoxy groups -OCH3 is 1. The Morgan fingerprint density at radius 3 is 3.05 bits per heavy atom. The molecule has 1 aliphatic rings. The predicted octanol–water partition coefficient (Wildman–Crippen LogP) is 1.99. The summed E-state index contributed by atoms with van der Waals surface area (Å²) in [7, 11) is 1.60. The van der Waals surface area contributed by atoms with Crippen LogP contribution in [0.1, 0.15) is 31.4 Å². The number of β-amino-alcohol motifs (C(OH)–C–C–N with tert-alkyl or cyclic N) is 1. The minimum Gasteiger partial charge on any atom is -0.497 e. The first-order chi connectivity index (χ1) is 9.11. The van der Waals surface area contributed by atoms with E-state index >= 15 is 0 Å². The quantitative estimate of drug-likeness (QED) is 0.903. The first-order valence-electron chi connectivity index (χ1n) is 6.72. The lowest BCUT2D eigenvalue weighted by Crippen LogP contribution is -2.42. The van der Waals surface area contributed by atoms with Crippen LogP contribution in [-0.2, 0) is 4.79 Å². The Morgan fingerprint density at radius 1 is 1.53 bits per heavy atom. The Hall–Kier alpha value is -1.55. The fraction of sp³-hybridized carbons (Fsp3) is 0.533. The first kappa shape index (κ1) is 13.9. The van der Waals surface area contributed by atoms with Crippen LogP contribution in [0.25, 0.3) is 0 Å². The molecule has 0 aliphatic carbocycles. The first-order valence-corrected chi connectivity index (χ1v) is 6.72. The van der Waals surface area contributed by atoms with E-state index in [0.717, 1.165) is 30.7 Å². The van der Waals surface area contributed by atoms with Gasteiger partial charge in [-0.3, -0.25) is 4.79 Å². The zero-order valence-electron chi connectivity index (χ0n) is 11.5. The molecule has 19 heavy (non-hydrogen) atoms. The Kier molecular flexibility index (Phi) is 4.43. The molecule has 0 bridgehead atoms. The molecule has 1 aromatic carbocycles. The molecule has 2 atom stereocenters. The molecule has 1 heterocycles. The second-order valence-corrected chi connectivity index (χ2v) is 5.12. The van der Waals surface area contributed by atoms with Gasteiger partial charge in [-0.05, 0) is 30.5 Å². The molecular formula is C15H21NO3. The van der Waals surface area contributed by atoms with E-state index in [1.54, 1.807) is 12.0 Å². The van der Waals surface area contributed by atoms with Crippen molar-refractivity contribution >= 4 is 5.91 Å². The summed E-state index contributed by atoms with van der Waals surface area (Å²) in [6, 6.07) is 7.34. The van der Waals surface area contributed by atoms with Gasteiger partial charge in [-0.25, -0.2) is 0 Å². The zero-order valence-corrected chi connectivity index (χ0v) is 11.5. The number of likely N-dealkylation sites (tertiary alicyclic amines) is 1. The number of hydrogen-bond acceptors (Lipinski definition) is 3. The Morgan fingerprint density at radius 2 is 2.32 bits per heavy atom. The lowest BCUT2D eigenvalue weighted by Gasteiger charge is -2.32. The standard InChI is InChI=1S/C15H21NO3/c1-11-5-4-8-16(15(11)18)10-14(17)12-6-3-7-13(9-12)19-2/h3,6-7,9,11,14,17H,4-5,8,10H2,1-2H3. The number of benzene rings is 1. The third-order valence-corrected chi connectivity index (χ3v) is 3.67. The van der Waals surface area contributed by atoms with Gasteiger partial charge in [0.1, 0.15) is 5.75 Å². The van der Waals surface area contributed by atoms with Crippen LogP contribution in [0.2, 0.25) is 0 Å². The molecule has 104 valence electrons. The Balaban J connectivity index is 2.03. The topological polar surface area (TPSA) is 49.8 Å².